The van der Waals surface area contributed by atoms with Crippen molar-refractivity contribution in [3.05, 3.63) is 97.8 Å². The van der Waals surface area contributed by atoms with Gasteiger partial charge in [0.05, 0.1) is 6.54 Å². The molecule has 6 nitrogen and oxygen atoms in total. The molecule has 0 radical (unpaired) electrons. The standard InChI is InChI=1S/C23H25ClN4O2/c24-19-6-8-21(9-7-19)28(15-20-11-22(29)27-23(30)26-20)14-18-13-25-12-17(18)10-16-4-2-1-3-5-16/h1-9,11,17-18,25H,10,12-15H2,(H2,26,27,29,30). The Balaban J connectivity index is 1.56. The van der Waals surface area contributed by atoms with Crippen molar-refractivity contribution in [1.82, 2.24) is 15.3 Å². The van der Waals surface area contributed by atoms with Crippen LogP contribution >= 0.6 is 11.6 Å². The maximum Gasteiger partial charge on any atom is 0.325 e. The van der Waals surface area contributed by atoms with E-state index in [9.17, 15) is 9.59 Å². The minimum Gasteiger partial charge on any atom is -0.365 e. The van der Waals surface area contributed by atoms with E-state index < -0.39 is 11.2 Å². The van der Waals surface area contributed by atoms with Crippen LogP contribution in [0.4, 0.5) is 5.69 Å². The fourth-order valence-corrected chi connectivity index (χ4v) is 4.29. The number of aromatic amines is 2. The van der Waals surface area contributed by atoms with E-state index in [1.165, 1.54) is 11.6 Å². The Bertz CT molecular complexity index is 1050. The van der Waals surface area contributed by atoms with Gasteiger partial charge in [0, 0.05) is 29.0 Å². The predicted octanol–water partition coefficient (Wildman–Crippen LogP) is 2.80. The molecule has 0 saturated carbocycles. The van der Waals surface area contributed by atoms with E-state index in [-0.39, 0.29) is 0 Å². The van der Waals surface area contributed by atoms with Crippen molar-refractivity contribution in [2.75, 3.05) is 24.5 Å². The minimum absolute atomic E-state index is 0.394. The van der Waals surface area contributed by atoms with Crippen molar-refractivity contribution < 1.29 is 0 Å². The number of benzene rings is 2. The Morgan fingerprint density at radius 2 is 1.67 bits per heavy atom. The summed E-state index contributed by atoms with van der Waals surface area (Å²) in [5.41, 5.74) is 2.05. The molecule has 1 fully saturated rings. The molecule has 0 amide bonds. The first-order valence-electron chi connectivity index (χ1n) is 10.1. The molecule has 0 bridgehead atoms. The lowest BCUT2D eigenvalue weighted by Crippen LogP contribution is -2.35. The number of aromatic nitrogens is 2. The van der Waals surface area contributed by atoms with Crippen LogP contribution in [0, 0.1) is 11.8 Å². The quantitative estimate of drug-likeness (QED) is 0.544. The number of hydrogen-bond acceptors (Lipinski definition) is 4. The lowest BCUT2D eigenvalue weighted by atomic mass is 9.89. The van der Waals surface area contributed by atoms with Crippen LogP contribution in [0.5, 0.6) is 0 Å². The van der Waals surface area contributed by atoms with E-state index >= 15 is 0 Å². The molecule has 1 saturated heterocycles. The Labute approximate surface area is 179 Å². The SMILES string of the molecule is O=c1cc(CN(CC2CNCC2Cc2ccccc2)c2ccc(Cl)cc2)[nH]c(=O)[nH]1. The summed E-state index contributed by atoms with van der Waals surface area (Å²) < 4.78 is 0. The molecule has 3 N–H and O–H groups in total. The van der Waals surface area contributed by atoms with Gasteiger partial charge >= 0.3 is 5.69 Å². The molecule has 0 aliphatic carbocycles. The third kappa shape index (κ3) is 5.20. The molecule has 7 heteroatoms. The fourth-order valence-electron chi connectivity index (χ4n) is 4.16. The Morgan fingerprint density at radius 1 is 0.933 bits per heavy atom. The van der Waals surface area contributed by atoms with Crippen LogP contribution in [0.2, 0.25) is 5.02 Å². The lowest BCUT2D eigenvalue weighted by Gasteiger charge is -2.30. The highest BCUT2D eigenvalue weighted by Gasteiger charge is 2.29. The van der Waals surface area contributed by atoms with E-state index in [1.807, 2.05) is 30.3 Å². The van der Waals surface area contributed by atoms with E-state index in [0.717, 1.165) is 31.7 Å². The Morgan fingerprint density at radius 3 is 2.40 bits per heavy atom. The lowest BCUT2D eigenvalue weighted by molar-refractivity contribution is 0.412. The smallest absolute Gasteiger partial charge is 0.325 e. The van der Waals surface area contributed by atoms with E-state index in [0.29, 0.717) is 29.1 Å². The number of hydrogen-bond donors (Lipinski definition) is 3. The van der Waals surface area contributed by atoms with Crippen molar-refractivity contribution in [3.8, 4) is 0 Å². The first-order chi connectivity index (χ1) is 14.6. The van der Waals surface area contributed by atoms with Gasteiger partial charge in [0.25, 0.3) is 5.56 Å². The summed E-state index contributed by atoms with van der Waals surface area (Å²) in [7, 11) is 0. The van der Waals surface area contributed by atoms with E-state index in [1.54, 1.807) is 0 Å². The van der Waals surface area contributed by atoms with Crippen molar-refractivity contribution >= 4 is 17.3 Å². The maximum absolute atomic E-state index is 11.8. The van der Waals surface area contributed by atoms with Crippen LogP contribution in [-0.4, -0.2) is 29.6 Å². The fraction of sp³-hybridized carbons (Fsp3) is 0.304. The molecule has 156 valence electrons. The highest BCUT2D eigenvalue weighted by molar-refractivity contribution is 6.30. The molecule has 1 aliphatic heterocycles. The molecule has 1 aromatic heterocycles. The molecule has 0 spiro atoms. The van der Waals surface area contributed by atoms with Crippen molar-refractivity contribution in [2.45, 2.75) is 13.0 Å². The predicted molar refractivity (Wildman–Crippen MR) is 120 cm³/mol. The monoisotopic (exact) mass is 424 g/mol. The molecule has 30 heavy (non-hydrogen) atoms. The van der Waals surface area contributed by atoms with Gasteiger partial charge in [0.2, 0.25) is 0 Å². The summed E-state index contributed by atoms with van der Waals surface area (Å²) in [5.74, 6) is 0.954. The first-order valence-corrected chi connectivity index (χ1v) is 10.5. The summed E-state index contributed by atoms with van der Waals surface area (Å²) in [4.78, 5) is 30.6. The van der Waals surface area contributed by atoms with Gasteiger partial charge in [-0.15, -0.1) is 0 Å². The number of anilines is 1. The largest absolute Gasteiger partial charge is 0.365 e. The molecule has 3 aromatic rings. The number of halogens is 1. The molecule has 2 aromatic carbocycles. The second-order valence-corrected chi connectivity index (χ2v) is 8.27. The van der Waals surface area contributed by atoms with Gasteiger partial charge in [-0.1, -0.05) is 41.9 Å². The van der Waals surface area contributed by atoms with Crippen LogP contribution in [0.3, 0.4) is 0 Å². The molecule has 4 rings (SSSR count). The average Bonchev–Trinajstić information content (AvgIpc) is 3.15. The van der Waals surface area contributed by atoms with Crippen LogP contribution in [0.25, 0.3) is 0 Å². The average molecular weight is 425 g/mol. The van der Waals surface area contributed by atoms with Crippen LogP contribution in [0.1, 0.15) is 11.3 Å². The number of rotatable bonds is 7. The Kier molecular flexibility index (Phi) is 6.35. The van der Waals surface area contributed by atoms with Gasteiger partial charge in [0.1, 0.15) is 0 Å². The molecule has 2 atom stereocenters. The second kappa shape index (κ2) is 9.32. The van der Waals surface area contributed by atoms with Gasteiger partial charge in [-0.05, 0) is 61.2 Å². The molecule has 2 unspecified atom stereocenters. The maximum atomic E-state index is 11.8. The number of nitrogens with zero attached hydrogens (tertiary/aromatic N) is 1. The van der Waals surface area contributed by atoms with Gasteiger partial charge in [-0.3, -0.25) is 9.78 Å². The van der Waals surface area contributed by atoms with Gasteiger partial charge in [0.15, 0.2) is 0 Å². The second-order valence-electron chi connectivity index (χ2n) is 7.84. The van der Waals surface area contributed by atoms with Crippen molar-refractivity contribution in [1.29, 1.82) is 0 Å². The van der Waals surface area contributed by atoms with Gasteiger partial charge < -0.3 is 15.2 Å². The highest BCUT2D eigenvalue weighted by Crippen LogP contribution is 2.26. The minimum atomic E-state index is -0.488. The van der Waals surface area contributed by atoms with Crippen LogP contribution in [-0.2, 0) is 13.0 Å². The summed E-state index contributed by atoms with van der Waals surface area (Å²) in [6.07, 6.45) is 1.02. The zero-order valence-electron chi connectivity index (χ0n) is 16.6. The first kappa shape index (κ1) is 20.4. The van der Waals surface area contributed by atoms with Crippen molar-refractivity contribution in [2.24, 2.45) is 11.8 Å². The highest BCUT2D eigenvalue weighted by atomic mass is 35.5. The van der Waals surface area contributed by atoms with Crippen LogP contribution < -0.4 is 21.5 Å². The summed E-state index contributed by atoms with van der Waals surface area (Å²) >= 11 is 6.08. The molecule has 1 aliphatic rings. The zero-order chi connectivity index (χ0) is 20.9. The zero-order valence-corrected chi connectivity index (χ0v) is 17.4. The summed E-state index contributed by atoms with van der Waals surface area (Å²) in [5, 5.41) is 4.20. The number of H-pyrrole nitrogens is 2. The topological polar surface area (TPSA) is 81.0 Å². The van der Waals surface area contributed by atoms with E-state index in [4.69, 9.17) is 11.6 Å². The summed E-state index contributed by atoms with van der Waals surface area (Å²) in [6, 6.07) is 19.7. The summed E-state index contributed by atoms with van der Waals surface area (Å²) in [6.45, 7) is 3.17. The molecular weight excluding hydrogens is 400 g/mol. The molecular formula is C23H25ClN4O2. The van der Waals surface area contributed by atoms with Crippen LogP contribution in [0.15, 0.2) is 70.3 Å². The third-order valence-electron chi connectivity index (χ3n) is 5.64. The number of nitrogens with one attached hydrogen (secondary N) is 3. The van der Waals surface area contributed by atoms with Gasteiger partial charge in [-0.25, -0.2) is 4.79 Å². The normalized spacial score (nSPS) is 18.4. The van der Waals surface area contributed by atoms with Crippen molar-refractivity contribution in [3.63, 3.8) is 0 Å². The Hall–Kier alpha value is -2.83. The van der Waals surface area contributed by atoms with E-state index in [2.05, 4.69) is 44.5 Å². The molecule has 2 heterocycles. The third-order valence-corrected chi connectivity index (χ3v) is 5.90. The van der Waals surface area contributed by atoms with Gasteiger partial charge in [-0.2, -0.15) is 0 Å².